The number of ether oxygens (including phenoxy) is 2. The lowest BCUT2D eigenvalue weighted by Crippen LogP contribution is -2.43. The predicted molar refractivity (Wildman–Crippen MR) is 119 cm³/mol. The summed E-state index contributed by atoms with van der Waals surface area (Å²) in [5.41, 5.74) is 1.68. The van der Waals surface area contributed by atoms with E-state index >= 15 is 0 Å². The van der Waals surface area contributed by atoms with E-state index in [1.165, 1.54) is 4.31 Å². The fourth-order valence-electron chi connectivity index (χ4n) is 3.95. The lowest BCUT2D eigenvalue weighted by molar-refractivity contribution is -0.126. The number of amides is 1. The second kappa shape index (κ2) is 9.70. The molecule has 1 aliphatic heterocycles. The number of aryl methyl sites for hydroxylation is 1. The van der Waals surface area contributed by atoms with Crippen molar-refractivity contribution in [2.24, 2.45) is 5.92 Å². The molecule has 0 unspecified atom stereocenters. The van der Waals surface area contributed by atoms with Crippen LogP contribution in [0.3, 0.4) is 0 Å². The lowest BCUT2D eigenvalue weighted by atomic mass is 9.96. The topological polar surface area (TPSA) is 84.9 Å². The molecule has 3 rings (SSSR count). The van der Waals surface area contributed by atoms with Crippen molar-refractivity contribution >= 4 is 15.9 Å². The fraction of sp³-hybridized carbons (Fsp3) is 0.435. The van der Waals surface area contributed by atoms with Crippen LogP contribution < -0.4 is 14.8 Å². The summed E-state index contributed by atoms with van der Waals surface area (Å²) in [4.78, 5) is 13.0. The zero-order valence-corrected chi connectivity index (χ0v) is 19.2. The maximum absolute atomic E-state index is 13.0. The number of nitrogens with zero attached hydrogens (tertiary/aromatic N) is 1. The summed E-state index contributed by atoms with van der Waals surface area (Å²) in [7, 11) is -0.443. The molecule has 2 aromatic rings. The van der Waals surface area contributed by atoms with Crippen molar-refractivity contribution in [3.8, 4) is 11.5 Å². The second-order valence-electron chi connectivity index (χ2n) is 7.78. The third-order valence-electron chi connectivity index (χ3n) is 5.79. The first-order valence-electron chi connectivity index (χ1n) is 10.4. The monoisotopic (exact) mass is 446 g/mol. The van der Waals surface area contributed by atoms with Crippen LogP contribution in [0.25, 0.3) is 0 Å². The van der Waals surface area contributed by atoms with Gasteiger partial charge >= 0.3 is 0 Å². The third-order valence-corrected chi connectivity index (χ3v) is 7.69. The van der Waals surface area contributed by atoms with E-state index in [1.54, 1.807) is 32.4 Å². The largest absolute Gasteiger partial charge is 0.496 e. The Bertz CT molecular complexity index is 1030. The Hall–Kier alpha value is -2.58. The number of nitrogens with one attached hydrogen (secondary N) is 1. The molecule has 7 nitrogen and oxygen atoms in total. The third kappa shape index (κ3) is 5.02. The van der Waals surface area contributed by atoms with Crippen molar-refractivity contribution in [2.75, 3.05) is 27.3 Å². The van der Waals surface area contributed by atoms with E-state index in [4.69, 9.17) is 9.47 Å². The highest BCUT2D eigenvalue weighted by molar-refractivity contribution is 7.89. The SMILES string of the molecule is COc1ccc(S(=O)(=O)N2CCC(C(=O)N[C@H](C)c3ccccc3OC)CC2)cc1C. The van der Waals surface area contributed by atoms with Crippen LogP contribution in [-0.2, 0) is 14.8 Å². The summed E-state index contributed by atoms with van der Waals surface area (Å²) in [5, 5.41) is 3.05. The molecule has 0 aliphatic carbocycles. The Morgan fingerprint density at radius 3 is 2.32 bits per heavy atom. The number of hydrogen-bond acceptors (Lipinski definition) is 5. The smallest absolute Gasteiger partial charge is 0.243 e. The molecular formula is C23H30N2O5S. The number of rotatable bonds is 7. The van der Waals surface area contributed by atoms with Crippen LogP contribution in [0.1, 0.15) is 36.9 Å². The molecule has 1 N–H and O–H groups in total. The van der Waals surface area contributed by atoms with Gasteiger partial charge in [-0.15, -0.1) is 0 Å². The molecular weight excluding hydrogens is 416 g/mol. The molecule has 1 atom stereocenters. The quantitative estimate of drug-likeness (QED) is 0.706. The van der Waals surface area contributed by atoms with E-state index in [1.807, 2.05) is 38.1 Å². The van der Waals surface area contributed by atoms with Gasteiger partial charge < -0.3 is 14.8 Å². The summed E-state index contributed by atoms with van der Waals surface area (Å²) in [6.07, 6.45) is 0.970. The van der Waals surface area contributed by atoms with E-state index in [-0.39, 0.29) is 22.8 Å². The minimum Gasteiger partial charge on any atom is -0.496 e. The predicted octanol–water partition coefficient (Wildman–Crippen LogP) is 3.29. The van der Waals surface area contributed by atoms with Gasteiger partial charge in [0.25, 0.3) is 0 Å². The molecule has 0 radical (unpaired) electrons. The van der Waals surface area contributed by atoms with Crippen LogP contribution in [-0.4, -0.2) is 45.9 Å². The second-order valence-corrected chi connectivity index (χ2v) is 9.72. The van der Waals surface area contributed by atoms with Crippen molar-refractivity contribution in [1.29, 1.82) is 0 Å². The number of carbonyl (C=O) groups is 1. The van der Waals surface area contributed by atoms with E-state index in [2.05, 4.69) is 5.32 Å². The Morgan fingerprint density at radius 2 is 1.71 bits per heavy atom. The van der Waals surface area contributed by atoms with Crippen LogP contribution in [0.15, 0.2) is 47.4 Å². The average Bonchev–Trinajstić information content (AvgIpc) is 2.78. The van der Waals surface area contributed by atoms with Crippen molar-refractivity contribution in [3.05, 3.63) is 53.6 Å². The Morgan fingerprint density at radius 1 is 1.06 bits per heavy atom. The summed E-state index contributed by atoms with van der Waals surface area (Å²) in [6, 6.07) is 12.2. The first-order valence-corrected chi connectivity index (χ1v) is 11.8. The van der Waals surface area contributed by atoms with Crippen molar-refractivity contribution in [1.82, 2.24) is 9.62 Å². The van der Waals surface area contributed by atoms with E-state index in [0.29, 0.717) is 31.7 Å². The standard InChI is InChI=1S/C23H30N2O5S/c1-16-15-19(9-10-21(16)29-3)31(27,28)25-13-11-18(12-14-25)23(26)24-17(2)20-7-5-6-8-22(20)30-4/h5-10,15,17-18H,11-14H2,1-4H3,(H,24,26)/t17-/m1/s1. The summed E-state index contributed by atoms with van der Waals surface area (Å²) in [5.74, 6) is 1.10. The van der Waals surface area contributed by atoms with Gasteiger partial charge in [0.15, 0.2) is 0 Å². The van der Waals surface area contributed by atoms with Crippen molar-refractivity contribution < 1.29 is 22.7 Å². The van der Waals surface area contributed by atoms with E-state index in [9.17, 15) is 13.2 Å². The van der Waals surface area contributed by atoms with Gasteiger partial charge in [0.1, 0.15) is 11.5 Å². The average molecular weight is 447 g/mol. The number of benzene rings is 2. The van der Waals surface area contributed by atoms with Gasteiger partial charge in [-0.2, -0.15) is 4.31 Å². The van der Waals surface area contributed by atoms with Crippen LogP contribution in [0.5, 0.6) is 11.5 Å². The van der Waals surface area contributed by atoms with Crippen LogP contribution >= 0.6 is 0 Å². The molecule has 1 fully saturated rings. The molecule has 1 aliphatic rings. The van der Waals surface area contributed by atoms with Gasteiger partial charge in [-0.3, -0.25) is 4.79 Å². The fourth-order valence-corrected chi connectivity index (χ4v) is 5.51. The molecule has 1 saturated heterocycles. The van der Waals surface area contributed by atoms with Gasteiger partial charge in [0, 0.05) is 24.6 Å². The zero-order chi connectivity index (χ0) is 22.6. The number of carbonyl (C=O) groups excluding carboxylic acids is 1. The highest BCUT2D eigenvalue weighted by atomic mass is 32.2. The maximum atomic E-state index is 13.0. The molecule has 1 heterocycles. The van der Waals surface area contributed by atoms with Gasteiger partial charge in [0.05, 0.1) is 25.2 Å². The van der Waals surface area contributed by atoms with Crippen molar-refractivity contribution in [3.63, 3.8) is 0 Å². The maximum Gasteiger partial charge on any atom is 0.243 e. The molecule has 0 aromatic heterocycles. The summed E-state index contributed by atoms with van der Waals surface area (Å²) < 4.78 is 38.1. The first kappa shape index (κ1) is 23.1. The van der Waals surface area contributed by atoms with E-state index in [0.717, 1.165) is 16.9 Å². The first-order chi connectivity index (χ1) is 14.8. The Labute approximate surface area is 184 Å². The molecule has 1 amide bonds. The number of sulfonamides is 1. The molecule has 0 saturated carbocycles. The highest BCUT2D eigenvalue weighted by Crippen LogP contribution is 2.29. The van der Waals surface area contributed by atoms with Gasteiger partial charge in [0.2, 0.25) is 15.9 Å². The number of para-hydroxylation sites is 1. The van der Waals surface area contributed by atoms with Crippen LogP contribution in [0.4, 0.5) is 0 Å². The molecule has 2 aromatic carbocycles. The number of hydrogen-bond donors (Lipinski definition) is 1. The molecule has 31 heavy (non-hydrogen) atoms. The van der Waals surface area contributed by atoms with Gasteiger partial charge in [-0.05, 0) is 56.5 Å². The number of piperidine rings is 1. The lowest BCUT2D eigenvalue weighted by Gasteiger charge is -2.31. The normalized spacial score (nSPS) is 16.5. The molecule has 168 valence electrons. The van der Waals surface area contributed by atoms with Crippen LogP contribution in [0, 0.1) is 12.8 Å². The summed E-state index contributed by atoms with van der Waals surface area (Å²) in [6.45, 7) is 4.36. The van der Waals surface area contributed by atoms with Crippen LogP contribution in [0.2, 0.25) is 0 Å². The number of methoxy groups -OCH3 is 2. The molecule has 8 heteroatoms. The highest BCUT2D eigenvalue weighted by Gasteiger charge is 2.33. The molecule has 0 bridgehead atoms. The van der Waals surface area contributed by atoms with Crippen molar-refractivity contribution in [2.45, 2.75) is 37.6 Å². The van der Waals surface area contributed by atoms with E-state index < -0.39 is 10.0 Å². The molecule has 0 spiro atoms. The van der Waals surface area contributed by atoms with Gasteiger partial charge in [-0.1, -0.05) is 18.2 Å². The minimum atomic E-state index is -3.60. The Balaban J connectivity index is 1.62. The van der Waals surface area contributed by atoms with Gasteiger partial charge in [-0.25, -0.2) is 8.42 Å². The summed E-state index contributed by atoms with van der Waals surface area (Å²) >= 11 is 0. The minimum absolute atomic E-state index is 0.0595. The zero-order valence-electron chi connectivity index (χ0n) is 18.4. The Kier molecular flexibility index (Phi) is 7.23.